The Bertz CT molecular complexity index is 388. The number of nitrogens with zero attached hydrogens (tertiary/aromatic N) is 3. The number of pyridine rings is 1. The third kappa shape index (κ3) is 4.44. The van der Waals surface area contributed by atoms with Crippen LogP contribution >= 0.6 is 15.9 Å². The minimum absolute atomic E-state index is 0.333. The van der Waals surface area contributed by atoms with Gasteiger partial charge in [-0.2, -0.15) is 0 Å². The third-order valence-corrected chi connectivity index (χ3v) is 3.82. The highest BCUT2D eigenvalue weighted by atomic mass is 79.9. The van der Waals surface area contributed by atoms with Crippen LogP contribution in [0.25, 0.3) is 0 Å². The molecular weight excluding hydrogens is 306 g/mol. The summed E-state index contributed by atoms with van der Waals surface area (Å²) in [6.45, 7) is 8.35. The van der Waals surface area contributed by atoms with E-state index >= 15 is 0 Å². The van der Waals surface area contributed by atoms with Gasteiger partial charge in [0, 0.05) is 43.9 Å². The average Bonchev–Trinajstić information content (AvgIpc) is 2.36. The molecule has 19 heavy (non-hydrogen) atoms. The van der Waals surface area contributed by atoms with Gasteiger partial charge in [0.1, 0.15) is 5.82 Å². The molecule has 106 valence electrons. The lowest BCUT2D eigenvalue weighted by Crippen LogP contribution is -2.47. The molecule has 1 aromatic rings. The Morgan fingerprint density at radius 1 is 1.37 bits per heavy atom. The van der Waals surface area contributed by atoms with E-state index in [4.69, 9.17) is 4.74 Å². The zero-order valence-corrected chi connectivity index (χ0v) is 13.4. The molecule has 2 atom stereocenters. The maximum Gasteiger partial charge on any atom is 0.128 e. The highest BCUT2D eigenvalue weighted by Crippen LogP contribution is 2.14. The summed E-state index contributed by atoms with van der Waals surface area (Å²) in [7, 11) is 2.09. The van der Waals surface area contributed by atoms with Crippen LogP contribution in [0.15, 0.2) is 22.8 Å². The molecule has 1 fully saturated rings. The molecule has 4 nitrogen and oxygen atoms in total. The number of hydrogen-bond donors (Lipinski definition) is 0. The van der Waals surface area contributed by atoms with Crippen molar-refractivity contribution in [1.82, 2.24) is 9.88 Å². The van der Waals surface area contributed by atoms with Crippen molar-refractivity contribution in [2.24, 2.45) is 0 Å². The van der Waals surface area contributed by atoms with Crippen LogP contribution in [0.1, 0.15) is 13.8 Å². The number of morpholine rings is 1. The molecule has 0 aliphatic carbocycles. The second kappa shape index (κ2) is 6.68. The van der Waals surface area contributed by atoms with E-state index in [1.54, 1.807) is 0 Å². The van der Waals surface area contributed by atoms with Crippen molar-refractivity contribution < 1.29 is 4.74 Å². The summed E-state index contributed by atoms with van der Waals surface area (Å²) in [4.78, 5) is 9.07. The van der Waals surface area contributed by atoms with Crippen molar-refractivity contribution in [1.29, 1.82) is 0 Å². The Morgan fingerprint density at radius 3 is 2.63 bits per heavy atom. The van der Waals surface area contributed by atoms with Gasteiger partial charge in [-0.25, -0.2) is 4.98 Å². The monoisotopic (exact) mass is 327 g/mol. The fourth-order valence-corrected chi connectivity index (χ4v) is 2.70. The zero-order chi connectivity index (χ0) is 13.8. The molecule has 0 amide bonds. The number of aromatic nitrogens is 1. The number of halogens is 1. The Balaban J connectivity index is 1.83. The molecule has 5 heteroatoms. The molecule has 1 aliphatic rings. The van der Waals surface area contributed by atoms with Gasteiger partial charge in [0.25, 0.3) is 0 Å². The molecule has 0 spiro atoms. The van der Waals surface area contributed by atoms with Crippen LogP contribution in [-0.4, -0.2) is 55.3 Å². The van der Waals surface area contributed by atoms with E-state index < -0.39 is 0 Å². The van der Waals surface area contributed by atoms with E-state index in [9.17, 15) is 0 Å². The summed E-state index contributed by atoms with van der Waals surface area (Å²) in [5, 5.41) is 0. The quantitative estimate of drug-likeness (QED) is 0.849. The Labute approximate surface area is 123 Å². The van der Waals surface area contributed by atoms with Crippen LogP contribution in [0.3, 0.4) is 0 Å². The Kier molecular flexibility index (Phi) is 5.19. The number of ether oxygens (including phenoxy) is 1. The molecule has 0 unspecified atom stereocenters. The first-order chi connectivity index (χ1) is 9.04. The van der Waals surface area contributed by atoms with Gasteiger partial charge in [-0.15, -0.1) is 0 Å². The molecule has 0 saturated carbocycles. The molecule has 2 rings (SSSR count). The lowest BCUT2D eigenvalue weighted by molar-refractivity contribution is -0.0670. The van der Waals surface area contributed by atoms with Crippen molar-refractivity contribution >= 4 is 21.7 Å². The number of likely N-dealkylation sites (N-methyl/N-ethyl adjacent to an activating group) is 1. The number of hydrogen-bond acceptors (Lipinski definition) is 4. The fraction of sp³-hybridized carbons (Fsp3) is 0.643. The van der Waals surface area contributed by atoms with Gasteiger partial charge in [-0.05, 0) is 41.9 Å². The van der Waals surface area contributed by atoms with E-state index in [1.807, 2.05) is 18.3 Å². The highest BCUT2D eigenvalue weighted by molar-refractivity contribution is 9.10. The van der Waals surface area contributed by atoms with Gasteiger partial charge < -0.3 is 9.64 Å². The highest BCUT2D eigenvalue weighted by Gasteiger charge is 2.21. The van der Waals surface area contributed by atoms with E-state index in [-0.39, 0.29) is 0 Å². The number of anilines is 1. The van der Waals surface area contributed by atoms with Gasteiger partial charge in [0.2, 0.25) is 0 Å². The summed E-state index contributed by atoms with van der Waals surface area (Å²) in [5.41, 5.74) is 0. The van der Waals surface area contributed by atoms with Crippen LogP contribution in [0.4, 0.5) is 5.82 Å². The summed E-state index contributed by atoms with van der Waals surface area (Å²) in [6.07, 6.45) is 2.50. The molecule has 0 radical (unpaired) electrons. The molecule has 1 aliphatic heterocycles. The summed E-state index contributed by atoms with van der Waals surface area (Å²) >= 11 is 3.41. The van der Waals surface area contributed by atoms with Crippen molar-refractivity contribution in [2.75, 3.05) is 38.1 Å². The van der Waals surface area contributed by atoms with Crippen LogP contribution in [0.5, 0.6) is 0 Å². The van der Waals surface area contributed by atoms with E-state index in [2.05, 4.69) is 51.6 Å². The van der Waals surface area contributed by atoms with Gasteiger partial charge in [-0.3, -0.25) is 4.90 Å². The largest absolute Gasteiger partial charge is 0.373 e. The predicted molar refractivity (Wildman–Crippen MR) is 81.7 cm³/mol. The SMILES string of the molecule is C[C@@H]1CN(CCN(C)c2ccc(Br)cn2)C[C@H](C)O1. The number of rotatable bonds is 4. The first-order valence-corrected chi connectivity index (χ1v) is 7.54. The standard InChI is InChI=1S/C14H22BrN3O/c1-11-9-18(10-12(2)19-11)7-6-17(3)14-5-4-13(15)8-16-14/h4-5,8,11-12H,6-7,9-10H2,1-3H3/t11-,12+. The lowest BCUT2D eigenvalue weighted by atomic mass is 10.2. The van der Waals surface area contributed by atoms with Crippen LogP contribution < -0.4 is 4.90 Å². The maximum atomic E-state index is 5.75. The minimum Gasteiger partial charge on any atom is -0.373 e. The van der Waals surface area contributed by atoms with Gasteiger partial charge in [0.05, 0.1) is 12.2 Å². The van der Waals surface area contributed by atoms with Crippen LogP contribution in [-0.2, 0) is 4.74 Å². The molecular formula is C14H22BrN3O. The fourth-order valence-electron chi connectivity index (χ4n) is 2.47. The zero-order valence-electron chi connectivity index (χ0n) is 11.8. The van der Waals surface area contributed by atoms with Gasteiger partial charge in [0.15, 0.2) is 0 Å². The molecule has 1 saturated heterocycles. The summed E-state index contributed by atoms with van der Waals surface area (Å²) in [5.74, 6) is 1.01. The third-order valence-electron chi connectivity index (χ3n) is 3.35. The first kappa shape index (κ1) is 14.8. The van der Waals surface area contributed by atoms with Gasteiger partial charge in [-0.1, -0.05) is 0 Å². The predicted octanol–water partition coefficient (Wildman–Crippen LogP) is 2.39. The smallest absolute Gasteiger partial charge is 0.128 e. The Morgan fingerprint density at radius 2 is 2.05 bits per heavy atom. The summed E-state index contributed by atoms with van der Waals surface area (Å²) in [6, 6.07) is 4.06. The topological polar surface area (TPSA) is 28.6 Å². The minimum atomic E-state index is 0.333. The second-order valence-electron chi connectivity index (χ2n) is 5.27. The van der Waals surface area contributed by atoms with Crippen molar-refractivity contribution in [3.63, 3.8) is 0 Å². The molecule has 2 heterocycles. The van der Waals surface area contributed by atoms with Crippen molar-refractivity contribution in [3.05, 3.63) is 22.8 Å². The van der Waals surface area contributed by atoms with E-state index in [1.165, 1.54) is 0 Å². The van der Waals surface area contributed by atoms with E-state index in [0.717, 1.165) is 36.5 Å². The van der Waals surface area contributed by atoms with Crippen LogP contribution in [0.2, 0.25) is 0 Å². The molecule has 0 bridgehead atoms. The average molecular weight is 328 g/mol. The van der Waals surface area contributed by atoms with Crippen molar-refractivity contribution in [2.45, 2.75) is 26.1 Å². The summed E-state index contributed by atoms with van der Waals surface area (Å²) < 4.78 is 6.76. The van der Waals surface area contributed by atoms with Crippen LogP contribution in [0, 0.1) is 0 Å². The van der Waals surface area contributed by atoms with Crippen molar-refractivity contribution in [3.8, 4) is 0 Å². The molecule has 0 aromatic carbocycles. The normalized spacial score (nSPS) is 24.4. The molecule has 0 N–H and O–H groups in total. The second-order valence-corrected chi connectivity index (χ2v) is 6.19. The van der Waals surface area contributed by atoms with E-state index in [0.29, 0.717) is 12.2 Å². The van der Waals surface area contributed by atoms with Gasteiger partial charge >= 0.3 is 0 Å². The first-order valence-electron chi connectivity index (χ1n) is 6.75. The maximum absolute atomic E-state index is 5.75. The Hall–Kier alpha value is -0.650. The molecule has 1 aromatic heterocycles. The lowest BCUT2D eigenvalue weighted by Gasteiger charge is -2.36.